The summed E-state index contributed by atoms with van der Waals surface area (Å²) < 4.78 is 13.4. The molecule has 5 nitrogen and oxygen atoms in total. The van der Waals surface area contributed by atoms with Crippen LogP contribution in [0.25, 0.3) is 0 Å². The number of carbonyl (C=O) groups excluding carboxylic acids is 2. The molecule has 0 unspecified atom stereocenters. The molecule has 1 fully saturated rings. The van der Waals surface area contributed by atoms with E-state index in [1.165, 1.54) is 18.2 Å². The maximum absolute atomic E-state index is 13.4. The summed E-state index contributed by atoms with van der Waals surface area (Å²) in [6, 6.07) is 4.06. The van der Waals surface area contributed by atoms with Gasteiger partial charge in [-0.3, -0.25) is 9.59 Å². The van der Waals surface area contributed by atoms with E-state index < -0.39 is 5.82 Å². The number of hydrogen-bond acceptors (Lipinski definition) is 4. The first-order chi connectivity index (χ1) is 13.3. The lowest BCUT2D eigenvalue weighted by molar-refractivity contribution is -0.124. The minimum atomic E-state index is -0.533. The van der Waals surface area contributed by atoms with Crippen molar-refractivity contribution in [3.8, 4) is 0 Å². The van der Waals surface area contributed by atoms with E-state index >= 15 is 0 Å². The number of thiazole rings is 1. The van der Waals surface area contributed by atoms with E-state index in [0.717, 1.165) is 23.5 Å². The van der Waals surface area contributed by atoms with Crippen LogP contribution in [0.4, 0.5) is 4.39 Å². The number of benzene rings is 1. The molecule has 1 N–H and O–H groups in total. The summed E-state index contributed by atoms with van der Waals surface area (Å²) >= 11 is 7.37. The zero-order chi connectivity index (χ0) is 20.3. The minimum absolute atomic E-state index is 0.00180. The van der Waals surface area contributed by atoms with E-state index in [4.69, 9.17) is 11.6 Å². The normalized spacial score (nSPS) is 17.0. The molecule has 2 heterocycles. The van der Waals surface area contributed by atoms with E-state index in [0.29, 0.717) is 25.2 Å². The van der Waals surface area contributed by atoms with Gasteiger partial charge in [0.05, 0.1) is 22.3 Å². The first kappa shape index (κ1) is 20.7. The summed E-state index contributed by atoms with van der Waals surface area (Å²) in [7, 11) is 0. The van der Waals surface area contributed by atoms with Gasteiger partial charge in [0, 0.05) is 35.9 Å². The van der Waals surface area contributed by atoms with Gasteiger partial charge in [0.15, 0.2) is 0 Å². The second-order valence-electron chi connectivity index (χ2n) is 7.27. The predicted molar refractivity (Wildman–Crippen MR) is 108 cm³/mol. The molecule has 1 aromatic carbocycles. The number of carbonyl (C=O) groups is 2. The minimum Gasteiger partial charge on any atom is -0.350 e. The van der Waals surface area contributed by atoms with Crippen molar-refractivity contribution >= 4 is 34.8 Å². The summed E-state index contributed by atoms with van der Waals surface area (Å²) in [4.78, 5) is 30.9. The van der Waals surface area contributed by atoms with Gasteiger partial charge in [-0.2, -0.15) is 0 Å². The molecule has 28 heavy (non-hydrogen) atoms. The Morgan fingerprint density at radius 1 is 1.43 bits per heavy atom. The molecule has 0 aliphatic carbocycles. The number of hydrogen-bond donors (Lipinski definition) is 1. The lowest BCUT2D eigenvalue weighted by Gasteiger charge is -2.32. The van der Waals surface area contributed by atoms with Crippen LogP contribution in [0, 0.1) is 11.7 Å². The molecule has 150 valence electrons. The van der Waals surface area contributed by atoms with Crippen LogP contribution < -0.4 is 5.32 Å². The third-order valence-electron chi connectivity index (χ3n) is 4.76. The lowest BCUT2D eigenvalue weighted by Crippen LogP contribution is -2.39. The monoisotopic (exact) mass is 423 g/mol. The van der Waals surface area contributed by atoms with Crippen molar-refractivity contribution < 1.29 is 14.0 Å². The number of nitrogens with one attached hydrogen (secondary N) is 1. The fourth-order valence-electron chi connectivity index (χ4n) is 3.15. The highest BCUT2D eigenvalue weighted by Crippen LogP contribution is 2.30. The number of rotatable bonds is 5. The number of halogens is 2. The molecule has 1 aromatic heterocycles. The van der Waals surface area contributed by atoms with Gasteiger partial charge in [-0.05, 0) is 31.0 Å². The van der Waals surface area contributed by atoms with Gasteiger partial charge in [-0.25, -0.2) is 9.37 Å². The molecule has 0 bridgehead atoms. The van der Waals surface area contributed by atoms with Crippen LogP contribution in [0.15, 0.2) is 23.6 Å². The Kier molecular flexibility index (Phi) is 6.67. The first-order valence-electron chi connectivity index (χ1n) is 9.31. The standard InChI is InChI=1S/C20H23ClFN3O2S/c1-12(2)18(26)23-9-15-11-28-19(24-15)14-4-3-7-25(10-14)20(27)13-5-6-17(22)16(21)8-13/h5-6,8,11-12,14H,3-4,7,9-10H2,1-2H3,(H,23,26)/t14-/m0/s1. The van der Waals surface area contributed by atoms with Gasteiger partial charge >= 0.3 is 0 Å². The van der Waals surface area contributed by atoms with E-state index in [9.17, 15) is 14.0 Å². The van der Waals surface area contributed by atoms with Crippen molar-refractivity contribution in [3.05, 3.63) is 50.7 Å². The fraction of sp³-hybridized carbons (Fsp3) is 0.450. The van der Waals surface area contributed by atoms with Gasteiger partial charge < -0.3 is 10.2 Å². The third kappa shape index (κ3) is 4.89. The van der Waals surface area contributed by atoms with E-state index in [2.05, 4.69) is 10.3 Å². The largest absolute Gasteiger partial charge is 0.350 e. The van der Waals surface area contributed by atoms with Crippen LogP contribution in [0.3, 0.4) is 0 Å². The Bertz CT molecular complexity index is 871. The summed E-state index contributed by atoms with van der Waals surface area (Å²) in [5.74, 6) is -0.576. The summed E-state index contributed by atoms with van der Waals surface area (Å²) in [5, 5.41) is 5.75. The topological polar surface area (TPSA) is 62.3 Å². The Hall–Kier alpha value is -1.99. The second-order valence-corrected chi connectivity index (χ2v) is 8.57. The molecule has 1 aliphatic rings. The van der Waals surface area contributed by atoms with Crippen LogP contribution in [-0.4, -0.2) is 34.8 Å². The molecule has 1 aliphatic heterocycles. The number of aromatic nitrogens is 1. The van der Waals surface area contributed by atoms with Crippen LogP contribution in [0.5, 0.6) is 0 Å². The Morgan fingerprint density at radius 3 is 2.93 bits per heavy atom. The Balaban J connectivity index is 1.64. The molecule has 8 heteroatoms. The zero-order valence-electron chi connectivity index (χ0n) is 15.9. The van der Waals surface area contributed by atoms with E-state index in [1.54, 1.807) is 16.2 Å². The average Bonchev–Trinajstić information content (AvgIpc) is 3.16. The van der Waals surface area contributed by atoms with Crippen molar-refractivity contribution in [1.82, 2.24) is 15.2 Å². The Morgan fingerprint density at radius 2 is 2.21 bits per heavy atom. The molecule has 0 spiro atoms. The van der Waals surface area contributed by atoms with Gasteiger partial charge in [-0.15, -0.1) is 11.3 Å². The quantitative estimate of drug-likeness (QED) is 0.782. The molecule has 0 saturated carbocycles. The maximum Gasteiger partial charge on any atom is 0.253 e. The van der Waals surface area contributed by atoms with Gasteiger partial charge in [0.2, 0.25) is 5.91 Å². The van der Waals surface area contributed by atoms with Crippen LogP contribution in [-0.2, 0) is 11.3 Å². The highest BCUT2D eigenvalue weighted by atomic mass is 35.5. The highest BCUT2D eigenvalue weighted by molar-refractivity contribution is 7.09. The number of piperidine rings is 1. The second kappa shape index (κ2) is 9.01. The van der Waals surface area contributed by atoms with Gasteiger partial charge in [-0.1, -0.05) is 25.4 Å². The summed E-state index contributed by atoms with van der Waals surface area (Å²) in [6.45, 7) is 5.34. The summed E-state index contributed by atoms with van der Waals surface area (Å²) in [5.41, 5.74) is 1.23. The average molecular weight is 424 g/mol. The van der Waals surface area contributed by atoms with Crippen LogP contribution in [0.1, 0.15) is 53.7 Å². The number of likely N-dealkylation sites (tertiary alicyclic amines) is 1. The van der Waals surface area contributed by atoms with E-state index in [1.807, 2.05) is 19.2 Å². The molecule has 1 saturated heterocycles. The smallest absolute Gasteiger partial charge is 0.253 e. The molecule has 2 amide bonds. The van der Waals surface area contributed by atoms with Crippen molar-refractivity contribution in [2.24, 2.45) is 5.92 Å². The van der Waals surface area contributed by atoms with Gasteiger partial charge in [0.25, 0.3) is 5.91 Å². The Labute approximate surface area is 172 Å². The van der Waals surface area contributed by atoms with Gasteiger partial charge in [0.1, 0.15) is 5.82 Å². The van der Waals surface area contributed by atoms with E-state index in [-0.39, 0.29) is 28.7 Å². The van der Waals surface area contributed by atoms with Crippen molar-refractivity contribution in [2.75, 3.05) is 13.1 Å². The van der Waals surface area contributed by atoms with Crippen LogP contribution in [0.2, 0.25) is 5.02 Å². The first-order valence-corrected chi connectivity index (χ1v) is 10.6. The fourth-order valence-corrected chi connectivity index (χ4v) is 4.28. The highest BCUT2D eigenvalue weighted by Gasteiger charge is 2.27. The molecular weight excluding hydrogens is 401 g/mol. The molecular formula is C20H23ClFN3O2S. The SMILES string of the molecule is CC(C)C(=O)NCc1csc([C@H]2CCCN(C(=O)c3ccc(F)c(Cl)c3)C2)n1. The third-order valence-corrected chi connectivity index (χ3v) is 6.11. The summed E-state index contributed by atoms with van der Waals surface area (Å²) in [6.07, 6.45) is 1.84. The predicted octanol–water partition coefficient (Wildman–Crippen LogP) is 4.23. The number of amides is 2. The molecule has 3 rings (SSSR count). The molecule has 2 aromatic rings. The van der Waals surface area contributed by atoms with Crippen molar-refractivity contribution in [2.45, 2.75) is 39.2 Å². The van der Waals surface area contributed by atoms with Crippen molar-refractivity contribution in [3.63, 3.8) is 0 Å². The molecule has 0 radical (unpaired) electrons. The molecule has 1 atom stereocenters. The van der Waals surface area contributed by atoms with Crippen molar-refractivity contribution in [1.29, 1.82) is 0 Å². The van der Waals surface area contributed by atoms with Crippen LogP contribution >= 0.6 is 22.9 Å². The maximum atomic E-state index is 13.4. The number of nitrogens with zero attached hydrogens (tertiary/aromatic N) is 2. The zero-order valence-corrected chi connectivity index (χ0v) is 17.4. The lowest BCUT2D eigenvalue weighted by atomic mass is 9.98.